The van der Waals surface area contributed by atoms with Gasteiger partial charge in [-0.3, -0.25) is 9.59 Å². The third-order valence-electron chi connectivity index (χ3n) is 5.63. The average molecular weight is 420 g/mol. The summed E-state index contributed by atoms with van der Waals surface area (Å²) >= 11 is 0. The molecule has 2 aromatic carbocycles. The first kappa shape index (κ1) is 20.8. The highest BCUT2D eigenvalue weighted by molar-refractivity contribution is 5.76. The highest BCUT2D eigenvalue weighted by atomic mass is 19.1. The minimum absolute atomic E-state index is 0.0188. The molecule has 0 N–H and O–H groups in total. The summed E-state index contributed by atoms with van der Waals surface area (Å²) < 4.78 is 14.5. The maximum absolute atomic E-state index is 13.2. The monoisotopic (exact) mass is 420 g/mol. The molecule has 1 fully saturated rings. The molecule has 0 radical (unpaired) electrons. The van der Waals surface area contributed by atoms with E-state index in [0.29, 0.717) is 24.3 Å². The Morgan fingerprint density at radius 2 is 1.68 bits per heavy atom. The van der Waals surface area contributed by atoms with E-state index in [4.69, 9.17) is 0 Å². The number of rotatable bonds is 5. The molecule has 2 heterocycles. The number of nitrogens with zero attached hydrogens (tertiary/aromatic N) is 4. The number of hydrogen-bond acceptors (Lipinski definition) is 4. The van der Waals surface area contributed by atoms with Gasteiger partial charge in [-0.1, -0.05) is 18.2 Å². The van der Waals surface area contributed by atoms with Crippen LogP contribution in [0.3, 0.4) is 0 Å². The Morgan fingerprint density at radius 1 is 0.968 bits per heavy atom. The molecular weight excluding hydrogens is 395 g/mol. The van der Waals surface area contributed by atoms with Crippen LogP contribution in [-0.2, 0) is 11.3 Å². The number of piperazine rings is 1. The Morgan fingerprint density at radius 3 is 2.39 bits per heavy atom. The summed E-state index contributed by atoms with van der Waals surface area (Å²) in [5, 5.41) is 4.35. The highest BCUT2D eigenvalue weighted by Gasteiger charge is 2.22. The first-order chi connectivity index (χ1) is 15.0. The molecule has 31 heavy (non-hydrogen) atoms. The van der Waals surface area contributed by atoms with Gasteiger partial charge in [0, 0.05) is 49.9 Å². The van der Waals surface area contributed by atoms with Crippen molar-refractivity contribution in [3.8, 4) is 11.3 Å². The lowest BCUT2D eigenvalue weighted by molar-refractivity contribution is -0.131. The lowest BCUT2D eigenvalue weighted by Gasteiger charge is -2.36. The zero-order chi connectivity index (χ0) is 21.8. The van der Waals surface area contributed by atoms with Crippen LogP contribution in [-0.4, -0.2) is 46.8 Å². The van der Waals surface area contributed by atoms with Crippen LogP contribution in [0.25, 0.3) is 11.3 Å². The average Bonchev–Trinajstić information content (AvgIpc) is 2.79. The zero-order valence-corrected chi connectivity index (χ0v) is 17.5. The summed E-state index contributed by atoms with van der Waals surface area (Å²) in [5.74, 6) is -0.310. The summed E-state index contributed by atoms with van der Waals surface area (Å²) in [6, 6.07) is 17.2. The SMILES string of the molecule is Cc1ccccc1N1CCN(C(=O)CCn2nc(-c3ccc(F)cc3)ccc2=O)CC1. The van der Waals surface area contributed by atoms with E-state index in [-0.39, 0.29) is 30.2 Å². The lowest BCUT2D eigenvalue weighted by Crippen LogP contribution is -2.49. The van der Waals surface area contributed by atoms with Crippen molar-refractivity contribution in [1.29, 1.82) is 0 Å². The van der Waals surface area contributed by atoms with Crippen molar-refractivity contribution >= 4 is 11.6 Å². The van der Waals surface area contributed by atoms with Crippen LogP contribution >= 0.6 is 0 Å². The Hall–Kier alpha value is -3.48. The fourth-order valence-corrected chi connectivity index (χ4v) is 3.86. The molecule has 160 valence electrons. The molecule has 6 nitrogen and oxygen atoms in total. The van der Waals surface area contributed by atoms with E-state index in [0.717, 1.165) is 13.1 Å². The van der Waals surface area contributed by atoms with Crippen LogP contribution in [0.1, 0.15) is 12.0 Å². The van der Waals surface area contributed by atoms with E-state index >= 15 is 0 Å². The smallest absolute Gasteiger partial charge is 0.266 e. The van der Waals surface area contributed by atoms with Crippen molar-refractivity contribution in [1.82, 2.24) is 14.7 Å². The molecule has 1 aromatic heterocycles. The first-order valence-electron chi connectivity index (χ1n) is 10.4. The molecule has 0 aliphatic carbocycles. The van der Waals surface area contributed by atoms with Crippen LogP contribution in [0.15, 0.2) is 65.5 Å². The largest absolute Gasteiger partial charge is 0.368 e. The van der Waals surface area contributed by atoms with E-state index in [1.807, 2.05) is 17.0 Å². The first-order valence-corrected chi connectivity index (χ1v) is 10.4. The molecule has 0 unspecified atom stereocenters. The molecule has 1 aliphatic heterocycles. The van der Waals surface area contributed by atoms with Crippen molar-refractivity contribution < 1.29 is 9.18 Å². The van der Waals surface area contributed by atoms with Gasteiger partial charge in [0.2, 0.25) is 5.91 Å². The molecule has 1 aliphatic rings. The van der Waals surface area contributed by atoms with Gasteiger partial charge >= 0.3 is 0 Å². The number of carbonyl (C=O) groups excluding carboxylic acids is 1. The number of carbonyl (C=O) groups is 1. The topological polar surface area (TPSA) is 58.4 Å². The van der Waals surface area contributed by atoms with Gasteiger partial charge in [0.1, 0.15) is 5.82 Å². The Labute approximate surface area is 180 Å². The summed E-state index contributed by atoms with van der Waals surface area (Å²) in [6.45, 7) is 5.20. The molecule has 0 bridgehead atoms. The fraction of sp³-hybridized carbons (Fsp3) is 0.292. The minimum Gasteiger partial charge on any atom is -0.368 e. The summed E-state index contributed by atoms with van der Waals surface area (Å²) in [6.07, 6.45) is 0.212. The summed E-state index contributed by atoms with van der Waals surface area (Å²) in [5.41, 5.74) is 3.47. The third-order valence-corrected chi connectivity index (χ3v) is 5.63. The standard InChI is InChI=1S/C24H25FN4O2/c1-18-4-2-3-5-22(18)27-14-16-28(17-15-27)23(30)12-13-29-24(31)11-10-21(26-29)19-6-8-20(25)9-7-19/h2-11H,12-17H2,1H3. The molecule has 0 saturated carbocycles. The number of anilines is 1. The van der Waals surface area contributed by atoms with E-state index in [2.05, 4.69) is 29.1 Å². The Kier molecular flexibility index (Phi) is 6.11. The molecule has 1 saturated heterocycles. The van der Waals surface area contributed by atoms with Gasteiger partial charge in [0.05, 0.1) is 12.2 Å². The van der Waals surface area contributed by atoms with Gasteiger partial charge in [-0.15, -0.1) is 0 Å². The number of aromatic nitrogens is 2. The van der Waals surface area contributed by atoms with Gasteiger partial charge in [0.25, 0.3) is 5.56 Å². The number of benzene rings is 2. The van der Waals surface area contributed by atoms with Crippen LogP contribution in [0.4, 0.5) is 10.1 Å². The third kappa shape index (κ3) is 4.82. The van der Waals surface area contributed by atoms with Crippen LogP contribution in [0.5, 0.6) is 0 Å². The van der Waals surface area contributed by atoms with Gasteiger partial charge in [-0.05, 0) is 48.9 Å². The Bertz CT molecular complexity index is 1120. The van der Waals surface area contributed by atoms with Crippen molar-refractivity contribution in [2.45, 2.75) is 19.9 Å². The van der Waals surface area contributed by atoms with Crippen molar-refractivity contribution in [3.05, 3.63) is 82.4 Å². The fourth-order valence-electron chi connectivity index (χ4n) is 3.86. The number of hydrogen-bond donors (Lipinski definition) is 0. The van der Waals surface area contributed by atoms with Crippen molar-refractivity contribution in [2.24, 2.45) is 0 Å². The minimum atomic E-state index is -0.329. The highest BCUT2D eigenvalue weighted by Crippen LogP contribution is 2.21. The second kappa shape index (κ2) is 9.12. The maximum Gasteiger partial charge on any atom is 0.266 e. The number of amides is 1. The van der Waals surface area contributed by atoms with Crippen molar-refractivity contribution in [3.63, 3.8) is 0 Å². The zero-order valence-electron chi connectivity index (χ0n) is 17.5. The van der Waals surface area contributed by atoms with Crippen molar-refractivity contribution in [2.75, 3.05) is 31.1 Å². The summed E-state index contributed by atoms with van der Waals surface area (Å²) in [4.78, 5) is 29.0. The molecule has 3 aromatic rings. The molecular formula is C24H25FN4O2. The van der Waals surface area contributed by atoms with Gasteiger partial charge < -0.3 is 9.80 Å². The van der Waals surface area contributed by atoms with Gasteiger partial charge in [-0.2, -0.15) is 5.10 Å². The molecule has 4 rings (SSSR count). The van der Waals surface area contributed by atoms with Crippen LogP contribution < -0.4 is 10.5 Å². The van der Waals surface area contributed by atoms with Crippen LogP contribution in [0.2, 0.25) is 0 Å². The normalized spacial score (nSPS) is 14.0. The Balaban J connectivity index is 1.36. The lowest BCUT2D eigenvalue weighted by atomic mass is 10.1. The predicted octanol–water partition coefficient (Wildman–Crippen LogP) is 3.10. The van der Waals surface area contributed by atoms with Gasteiger partial charge in [0.15, 0.2) is 0 Å². The quantitative estimate of drug-likeness (QED) is 0.637. The summed E-state index contributed by atoms with van der Waals surface area (Å²) in [7, 11) is 0. The number of aryl methyl sites for hydroxylation is 2. The van der Waals surface area contributed by atoms with E-state index in [9.17, 15) is 14.0 Å². The van der Waals surface area contributed by atoms with E-state index < -0.39 is 0 Å². The van der Waals surface area contributed by atoms with Crippen LogP contribution in [0, 0.1) is 12.7 Å². The number of para-hydroxylation sites is 1. The molecule has 0 spiro atoms. The molecule has 0 atom stereocenters. The number of halogens is 1. The maximum atomic E-state index is 13.2. The van der Waals surface area contributed by atoms with E-state index in [1.54, 1.807) is 18.2 Å². The van der Waals surface area contributed by atoms with E-state index in [1.165, 1.54) is 34.1 Å². The predicted molar refractivity (Wildman–Crippen MR) is 118 cm³/mol. The molecule has 1 amide bonds. The second-order valence-electron chi connectivity index (χ2n) is 7.69. The second-order valence-corrected chi connectivity index (χ2v) is 7.69. The van der Waals surface area contributed by atoms with Gasteiger partial charge in [-0.25, -0.2) is 9.07 Å². The molecule has 7 heteroatoms.